The van der Waals surface area contributed by atoms with Gasteiger partial charge >= 0.3 is 6.18 Å². The first kappa shape index (κ1) is 24.7. The highest BCUT2D eigenvalue weighted by molar-refractivity contribution is 7.99. The standard InChI is InChI=1S/C22H25ClF3N7S2/c1-32-7-5-13(6-8-32)33-11-15(23)19(31-33)30-21-27-10-14(22(24,25)26)18(29-21)16-9-17(34-2)20(35-16)28-12-3-4-12/h9-13,28H,3-8H2,1-2H3,(H,27,29,30,31). The van der Waals surface area contributed by atoms with Gasteiger partial charge in [-0.1, -0.05) is 11.6 Å². The van der Waals surface area contributed by atoms with Crippen molar-refractivity contribution in [2.75, 3.05) is 37.0 Å². The monoisotopic (exact) mass is 543 g/mol. The third-order valence-electron chi connectivity index (χ3n) is 6.14. The molecule has 1 aliphatic heterocycles. The van der Waals surface area contributed by atoms with Gasteiger partial charge in [0, 0.05) is 23.3 Å². The van der Waals surface area contributed by atoms with Crippen LogP contribution >= 0.6 is 34.7 Å². The lowest BCUT2D eigenvalue weighted by atomic mass is 10.1. The number of nitrogens with zero attached hydrogens (tertiary/aromatic N) is 5. The van der Waals surface area contributed by atoms with Crippen LogP contribution in [0.2, 0.25) is 5.02 Å². The predicted octanol–water partition coefficient (Wildman–Crippen LogP) is 6.38. The maximum Gasteiger partial charge on any atom is 0.420 e. The number of aromatic nitrogens is 4. The molecule has 0 radical (unpaired) electrons. The number of anilines is 3. The second kappa shape index (κ2) is 9.79. The Morgan fingerprint density at radius 1 is 1.20 bits per heavy atom. The average molecular weight is 544 g/mol. The molecule has 0 bridgehead atoms. The third-order valence-corrected chi connectivity index (χ3v) is 8.38. The lowest BCUT2D eigenvalue weighted by molar-refractivity contribution is -0.137. The Morgan fingerprint density at radius 2 is 1.94 bits per heavy atom. The van der Waals surface area contributed by atoms with E-state index in [1.165, 1.54) is 23.1 Å². The van der Waals surface area contributed by atoms with Gasteiger partial charge in [0.15, 0.2) is 5.82 Å². The summed E-state index contributed by atoms with van der Waals surface area (Å²) in [6, 6.07) is 2.36. The zero-order chi connectivity index (χ0) is 24.7. The molecule has 1 aliphatic carbocycles. The summed E-state index contributed by atoms with van der Waals surface area (Å²) in [5.41, 5.74) is -1.04. The van der Waals surface area contributed by atoms with Crippen molar-refractivity contribution < 1.29 is 13.2 Å². The second-order valence-electron chi connectivity index (χ2n) is 8.85. The van der Waals surface area contributed by atoms with Gasteiger partial charge in [-0.3, -0.25) is 4.68 Å². The Balaban J connectivity index is 1.45. The molecule has 35 heavy (non-hydrogen) atoms. The van der Waals surface area contributed by atoms with Gasteiger partial charge < -0.3 is 15.5 Å². The van der Waals surface area contributed by atoms with Gasteiger partial charge in [-0.05, 0) is 58.1 Å². The topological polar surface area (TPSA) is 70.9 Å². The second-order valence-corrected chi connectivity index (χ2v) is 11.2. The predicted molar refractivity (Wildman–Crippen MR) is 135 cm³/mol. The maximum atomic E-state index is 13.8. The van der Waals surface area contributed by atoms with Crippen molar-refractivity contribution in [3.63, 3.8) is 0 Å². The van der Waals surface area contributed by atoms with Gasteiger partial charge in [0.2, 0.25) is 5.95 Å². The fraction of sp³-hybridized carbons (Fsp3) is 0.500. The Hall–Kier alpha value is -2.02. The van der Waals surface area contributed by atoms with Gasteiger partial charge in [0.1, 0.15) is 15.6 Å². The van der Waals surface area contributed by atoms with E-state index in [1.807, 2.05) is 10.9 Å². The number of thioether (sulfide) groups is 1. The van der Waals surface area contributed by atoms with E-state index >= 15 is 0 Å². The van der Waals surface area contributed by atoms with E-state index < -0.39 is 11.7 Å². The molecule has 2 aliphatic rings. The average Bonchev–Trinajstić information content (AvgIpc) is 3.43. The van der Waals surface area contributed by atoms with Gasteiger partial charge in [-0.15, -0.1) is 23.1 Å². The largest absolute Gasteiger partial charge is 0.420 e. The van der Waals surface area contributed by atoms with Crippen molar-refractivity contribution in [2.24, 2.45) is 0 Å². The highest BCUT2D eigenvalue weighted by atomic mass is 35.5. The van der Waals surface area contributed by atoms with Gasteiger partial charge in [-0.2, -0.15) is 18.3 Å². The van der Waals surface area contributed by atoms with Crippen LogP contribution in [-0.4, -0.2) is 57.1 Å². The summed E-state index contributed by atoms with van der Waals surface area (Å²) in [5, 5.41) is 12.1. The third kappa shape index (κ3) is 5.55. The Kier molecular flexibility index (Phi) is 6.90. The number of halogens is 4. The summed E-state index contributed by atoms with van der Waals surface area (Å²) in [7, 11) is 2.08. The van der Waals surface area contributed by atoms with Crippen LogP contribution in [0.3, 0.4) is 0 Å². The number of thiophene rings is 1. The number of nitrogens with one attached hydrogen (secondary N) is 2. The number of piperidine rings is 1. The van der Waals surface area contributed by atoms with Crippen LogP contribution in [-0.2, 0) is 6.18 Å². The van der Waals surface area contributed by atoms with Crippen molar-refractivity contribution in [1.29, 1.82) is 0 Å². The van der Waals surface area contributed by atoms with Crippen molar-refractivity contribution in [2.45, 2.75) is 48.8 Å². The van der Waals surface area contributed by atoms with E-state index in [0.29, 0.717) is 21.8 Å². The molecule has 0 amide bonds. The first-order valence-corrected chi connectivity index (χ1v) is 13.7. The minimum absolute atomic E-state index is 0.0133. The van der Waals surface area contributed by atoms with Crippen LogP contribution in [0.25, 0.3) is 10.6 Å². The zero-order valence-corrected chi connectivity index (χ0v) is 21.6. The normalized spacial score (nSPS) is 17.7. The summed E-state index contributed by atoms with van der Waals surface area (Å²) in [6.07, 6.45) is 3.91. The number of alkyl halides is 3. The molecule has 0 unspecified atom stereocenters. The van der Waals surface area contributed by atoms with Crippen LogP contribution in [0.5, 0.6) is 0 Å². The van der Waals surface area contributed by atoms with Crippen molar-refractivity contribution in [3.05, 3.63) is 29.0 Å². The quantitative estimate of drug-likeness (QED) is 0.335. The molecule has 0 atom stereocenters. The van der Waals surface area contributed by atoms with Crippen LogP contribution in [0.1, 0.15) is 37.3 Å². The zero-order valence-electron chi connectivity index (χ0n) is 19.2. The molecule has 188 valence electrons. The summed E-state index contributed by atoms with van der Waals surface area (Å²) in [5.74, 6) is 0.336. The minimum atomic E-state index is -4.59. The molecule has 0 spiro atoms. The number of hydrogen-bond acceptors (Lipinski definition) is 8. The summed E-state index contributed by atoms with van der Waals surface area (Å²) >= 11 is 9.17. The van der Waals surface area contributed by atoms with Gasteiger partial charge in [-0.25, -0.2) is 9.97 Å². The minimum Gasteiger partial charge on any atom is -0.373 e. The van der Waals surface area contributed by atoms with Gasteiger partial charge in [0.25, 0.3) is 0 Å². The first-order valence-electron chi connectivity index (χ1n) is 11.3. The van der Waals surface area contributed by atoms with E-state index in [2.05, 4.69) is 37.6 Å². The lowest BCUT2D eigenvalue weighted by Crippen LogP contribution is -2.31. The number of likely N-dealkylation sites (tertiary alicyclic amines) is 1. The van der Waals surface area contributed by atoms with Crippen molar-refractivity contribution in [3.8, 4) is 10.6 Å². The molecule has 3 aromatic heterocycles. The molecule has 7 nitrogen and oxygen atoms in total. The van der Waals surface area contributed by atoms with Crippen molar-refractivity contribution in [1.82, 2.24) is 24.6 Å². The molecule has 1 saturated carbocycles. The summed E-state index contributed by atoms with van der Waals surface area (Å²) in [6.45, 7) is 1.93. The van der Waals surface area contributed by atoms with Crippen LogP contribution in [0.15, 0.2) is 23.4 Å². The molecule has 5 rings (SSSR count). The fourth-order valence-corrected chi connectivity index (χ4v) is 6.15. The van der Waals surface area contributed by atoms with E-state index in [9.17, 15) is 13.2 Å². The lowest BCUT2D eigenvalue weighted by Gasteiger charge is -2.28. The van der Waals surface area contributed by atoms with Crippen LogP contribution in [0, 0.1) is 0 Å². The SMILES string of the molecule is CSc1cc(-c2nc(Nc3nn(C4CCN(C)CC4)cc3Cl)ncc2C(F)(F)F)sc1NC1CC1. The fourth-order valence-electron chi connectivity index (χ4n) is 4.00. The highest BCUT2D eigenvalue weighted by Gasteiger charge is 2.36. The Labute approximate surface area is 214 Å². The Morgan fingerprint density at radius 3 is 2.60 bits per heavy atom. The molecule has 0 aromatic carbocycles. The molecule has 1 saturated heterocycles. The Bertz CT molecular complexity index is 1200. The van der Waals surface area contributed by atoms with Gasteiger partial charge in [0.05, 0.1) is 16.6 Å². The smallest absolute Gasteiger partial charge is 0.373 e. The molecular weight excluding hydrogens is 519 g/mol. The molecule has 2 fully saturated rings. The number of hydrogen-bond donors (Lipinski definition) is 2. The molecule has 2 N–H and O–H groups in total. The molecule has 4 heterocycles. The summed E-state index contributed by atoms with van der Waals surface area (Å²) in [4.78, 5) is 11.8. The summed E-state index contributed by atoms with van der Waals surface area (Å²) < 4.78 is 43.4. The van der Waals surface area contributed by atoms with Crippen LogP contribution in [0.4, 0.5) is 29.9 Å². The first-order chi connectivity index (χ1) is 16.7. The van der Waals surface area contributed by atoms with E-state index in [4.69, 9.17) is 11.6 Å². The molecule has 3 aromatic rings. The molecule has 13 heteroatoms. The van der Waals surface area contributed by atoms with E-state index in [0.717, 1.165) is 54.9 Å². The molecular formula is C22H25ClF3N7S2. The van der Waals surface area contributed by atoms with E-state index in [1.54, 1.807) is 12.3 Å². The van der Waals surface area contributed by atoms with Crippen LogP contribution < -0.4 is 10.6 Å². The highest BCUT2D eigenvalue weighted by Crippen LogP contribution is 2.45. The maximum absolute atomic E-state index is 13.8. The number of rotatable bonds is 7. The van der Waals surface area contributed by atoms with Crippen molar-refractivity contribution >= 4 is 51.5 Å². The van der Waals surface area contributed by atoms with E-state index in [-0.39, 0.29) is 17.7 Å².